The van der Waals surface area contributed by atoms with E-state index in [0.717, 1.165) is 12.2 Å². The molecule has 2 aromatic rings. The average Bonchev–Trinajstić information content (AvgIpc) is 3.11. The minimum atomic E-state index is -2.34. The lowest BCUT2D eigenvalue weighted by atomic mass is 10.0. The van der Waals surface area contributed by atoms with E-state index < -0.39 is 47.2 Å². The zero-order valence-corrected chi connectivity index (χ0v) is 28.2. The highest BCUT2D eigenvalue weighted by Gasteiger charge is 2.28. The van der Waals surface area contributed by atoms with Gasteiger partial charge in [0.25, 0.3) is 0 Å². The highest BCUT2D eigenvalue weighted by Crippen LogP contribution is 2.29. The molecule has 2 aromatic carbocycles. The van der Waals surface area contributed by atoms with Crippen LogP contribution >= 0.6 is 0 Å². The number of unbranched alkanes of at least 4 members (excludes halogenated alkanes) is 5. The number of rotatable bonds is 30. The molecule has 0 bridgehead atoms. The Labute approximate surface area is 285 Å². The molecule has 0 radical (unpaired) electrons. The maximum Gasteiger partial charge on any atom is 0.313 e. The first-order chi connectivity index (χ1) is 23.8. The molecule has 278 valence electrons. The second-order valence-electron chi connectivity index (χ2n) is 10.8. The van der Waals surface area contributed by atoms with Crippen LogP contribution in [0.5, 0.6) is 11.5 Å². The molecular formula is C35H49F5O9. The number of ether oxygens (including phenoxy) is 8. The SMILES string of the molecule is CCCCCCCCc1ccc(OCCOCCOCCOCCOCCOCCOCCC(=O)Oc2c(F)c(F)c(F)c(F)c2F)cc1. The molecule has 0 N–H and O–H groups in total. The van der Waals surface area contributed by atoms with Crippen molar-refractivity contribution in [2.24, 2.45) is 0 Å². The number of hydrogen-bond acceptors (Lipinski definition) is 9. The molecule has 0 aliphatic rings. The number of aryl methyl sites for hydroxylation is 1. The fraction of sp³-hybridized carbons (Fsp3) is 0.629. The molecule has 14 heteroatoms. The highest BCUT2D eigenvalue weighted by atomic mass is 19.2. The van der Waals surface area contributed by atoms with Gasteiger partial charge in [-0.3, -0.25) is 4.79 Å². The summed E-state index contributed by atoms with van der Waals surface area (Å²) < 4.78 is 109. The second kappa shape index (κ2) is 26.9. The maximum atomic E-state index is 13.5. The van der Waals surface area contributed by atoms with Crippen molar-refractivity contribution in [1.82, 2.24) is 0 Å². The van der Waals surface area contributed by atoms with Crippen LogP contribution in [0.25, 0.3) is 0 Å². The van der Waals surface area contributed by atoms with Gasteiger partial charge in [0, 0.05) is 0 Å². The Morgan fingerprint density at radius 1 is 0.510 bits per heavy atom. The second-order valence-corrected chi connectivity index (χ2v) is 10.8. The van der Waals surface area contributed by atoms with Crippen molar-refractivity contribution in [3.05, 3.63) is 58.9 Å². The van der Waals surface area contributed by atoms with Crippen LogP contribution in [0.3, 0.4) is 0 Å². The van der Waals surface area contributed by atoms with E-state index in [9.17, 15) is 26.7 Å². The van der Waals surface area contributed by atoms with Gasteiger partial charge in [-0.25, -0.2) is 13.2 Å². The van der Waals surface area contributed by atoms with E-state index in [1.165, 1.54) is 44.1 Å². The molecule has 0 amide bonds. The number of halogens is 5. The van der Waals surface area contributed by atoms with E-state index in [4.69, 9.17) is 33.2 Å². The lowest BCUT2D eigenvalue weighted by Crippen LogP contribution is -2.16. The van der Waals surface area contributed by atoms with Gasteiger partial charge in [-0.1, -0.05) is 51.2 Å². The molecule has 0 fully saturated rings. The van der Waals surface area contributed by atoms with Crippen LogP contribution in [0.2, 0.25) is 0 Å². The number of benzene rings is 2. The molecule has 0 heterocycles. The van der Waals surface area contributed by atoms with Crippen LogP contribution in [0.4, 0.5) is 22.0 Å². The Bertz CT molecular complexity index is 1140. The molecule has 0 atom stereocenters. The standard InChI is InChI=1S/C35H49F5O9/c1-2-3-4-5-6-7-8-27-9-11-28(12-10-27)48-26-25-47-24-23-46-22-21-45-20-19-44-18-17-43-16-15-42-14-13-29(41)49-35-33(39)31(37)30(36)32(38)34(35)40/h9-12H,2-8,13-26H2,1H3. The van der Waals surface area contributed by atoms with Gasteiger partial charge in [-0.05, 0) is 30.5 Å². The molecule has 9 nitrogen and oxygen atoms in total. The molecule has 0 aliphatic carbocycles. The molecule has 0 saturated carbocycles. The summed E-state index contributed by atoms with van der Waals surface area (Å²) >= 11 is 0. The van der Waals surface area contributed by atoms with Crippen molar-refractivity contribution < 1.29 is 64.6 Å². The van der Waals surface area contributed by atoms with Crippen molar-refractivity contribution in [2.75, 3.05) is 85.9 Å². The Morgan fingerprint density at radius 3 is 1.41 bits per heavy atom. The number of esters is 1. The minimum absolute atomic E-state index is 0.0888. The van der Waals surface area contributed by atoms with Gasteiger partial charge < -0.3 is 37.9 Å². The molecule has 49 heavy (non-hydrogen) atoms. The van der Waals surface area contributed by atoms with Gasteiger partial charge in [0.15, 0.2) is 0 Å². The third-order valence-corrected chi connectivity index (χ3v) is 6.93. The van der Waals surface area contributed by atoms with E-state index in [1.807, 2.05) is 12.1 Å². The molecule has 0 saturated heterocycles. The van der Waals surface area contributed by atoms with Crippen LogP contribution in [-0.2, 0) is 39.6 Å². The summed E-state index contributed by atoms with van der Waals surface area (Å²) in [5.74, 6) is -13.3. The van der Waals surface area contributed by atoms with Gasteiger partial charge in [-0.2, -0.15) is 8.78 Å². The topological polar surface area (TPSA) is 90.9 Å². The molecule has 0 spiro atoms. The first kappa shape index (κ1) is 42.3. The Hall–Kier alpha value is -2.88. The van der Waals surface area contributed by atoms with E-state index in [-0.39, 0.29) is 26.4 Å². The van der Waals surface area contributed by atoms with Gasteiger partial charge in [-0.15, -0.1) is 0 Å². The van der Waals surface area contributed by atoms with Crippen LogP contribution in [0.1, 0.15) is 57.4 Å². The molecule has 0 unspecified atom stereocenters. The highest BCUT2D eigenvalue weighted by molar-refractivity contribution is 5.72. The fourth-order valence-corrected chi connectivity index (χ4v) is 4.28. The largest absolute Gasteiger partial charge is 0.491 e. The Kier molecular flexibility index (Phi) is 23.2. The zero-order chi connectivity index (χ0) is 35.5. The van der Waals surface area contributed by atoms with Crippen LogP contribution in [0.15, 0.2) is 24.3 Å². The Morgan fingerprint density at radius 2 is 0.918 bits per heavy atom. The van der Waals surface area contributed by atoms with Crippen molar-refractivity contribution in [3.8, 4) is 11.5 Å². The number of hydrogen-bond donors (Lipinski definition) is 0. The summed E-state index contributed by atoms with van der Waals surface area (Å²) in [6.07, 6.45) is 8.42. The maximum absolute atomic E-state index is 13.5. The van der Waals surface area contributed by atoms with Crippen molar-refractivity contribution in [3.63, 3.8) is 0 Å². The van der Waals surface area contributed by atoms with Crippen molar-refractivity contribution >= 4 is 5.97 Å². The summed E-state index contributed by atoms with van der Waals surface area (Å²) in [5.41, 5.74) is 1.34. The molecule has 0 aromatic heterocycles. The van der Waals surface area contributed by atoms with E-state index in [1.54, 1.807) is 0 Å². The Balaban J connectivity index is 1.30. The predicted molar refractivity (Wildman–Crippen MR) is 170 cm³/mol. The summed E-state index contributed by atoms with van der Waals surface area (Å²) in [6.45, 7) is 6.37. The van der Waals surface area contributed by atoms with Crippen LogP contribution in [-0.4, -0.2) is 91.9 Å². The number of carbonyl (C=O) groups excluding carboxylic acids is 1. The molecule has 0 aliphatic heterocycles. The van der Waals surface area contributed by atoms with Gasteiger partial charge in [0.2, 0.25) is 34.8 Å². The van der Waals surface area contributed by atoms with Gasteiger partial charge >= 0.3 is 5.97 Å². The minimum Gasteiger partial charge on any atom is -0.491 e. The quantitative estimate of drug-likeness (QED) is 0.0218. The smallest absolute Gasteiger partial charge is 0.313 e. The summed E-state index contributed by atoms with van der Waals surface area (Å²) in [7, 11) is 0. The lowest BCUT2D eigenvalue weighted by molar-refractivity contribution is -0.136. The third-order valence-electron chi connectivity index (χ3n) is 6.93. The van der Waals surface area contributed by atoms with E-state index in [0.29, 0.717) is 59.5 Å². The van der Waals surface area contributed by atoms with Crippen LogP contribution in [0, 0.1) is 29.1 Å². The first-order valence-electron chi connectivity index (χ1n) is 16.7. The lowest BCUT2D eigenvalue weighted by Gasteiger charge is -2.09. The summed E-state index contributed by atoms with van der Waals surface area (Å²) in [6, 6.07) is 8.29. The summed E-state index contributed by atoms with van der Waals surface area (Å²) in [4.78, 5) is 11.7. The summed E-state index contributed by atoms with van der Waals surface area (Å²) in [5, 5.41) is 0. The van der Waals surface area contributed by atoms with Crippen molar-refractivity contribution in [1.29, 1.82) is 0 Å². The molecule has 2 rings (SSSR count). The average molecular weight is 709 g/mol. The van der Waals surface area contributed by atoms with Gasteiger partial charge in [0.05, 0.1) is 85.7 Å². The predicted octanol–water partition coefficient (Wildman–Crippen LogP) is 6.76. The van der Waals surface area contributed by atoms with Crippen LogP contribution < -0.4 is 9.47 Å². The monoisotopic (exact) mass is 708 g/mol. The van der Waals surface area contributed by atoms with E-state index in [2.05, 4.69) is 23.8 Å². The fourth-order valence-electron chi connectivity index (χ4n) is 4.28. The van der Waals surface area contributed by atoms with E-state index >= 15 is 0 Å². The third kappa shape index (κ3) is 18.6. The number of carbonyl (C=O) groups is 1. The zero-order valence-electron chi connectivity index (χ0n) is 28.2. The normalized spacial score (nSPS) is 11.3. The van der Waals surface area contributed by atoms with Crippen molar-refractivity contribution in [2.45, 2.75) is 58.3 Å². The molecular weight excluding hydrogens is 659 g/mol. The first-order valence-corrected chi connectivity index (χ1v) is 16.7. The van der Waals surface area contributed by atoms with Gasteiger partial charge in [0.1, 0.15) is 12.4 Å².